The van der Waals surface area contributed by atoms with Crippen LogP contribution in [0.15, 0.2) is 18.3 Å². The van der Waals surface area contributed by atoms with Crippen LogP contribution in [0.1, 0.15) is 5.82 Å². The van der Waals surface area contributed by atoms with Crippen molar-refractivity contribution >= 4 is 21.2 Å². The molecule has 0 spiro atoms. The molecule has 80 valence electrons. The third kappa shape index (κ3) is 2.07. The summed E-state index contributed by atoms with van der Waals surface area (Å²) in [4.78, 5) is 0. The topological polar surface area (TPSA) is 90.3 Å². The predicted molar refractivity (Wildman–Crippen MR) is 55.9 cm³/mol. The molecule has 0 amide bonds. The summed E-state index contributed by atoms with van der Waals surface area (Å²) in [6.45, 7) is 0. The molecule has 0 saturated carbocycles. The molecule has 0 saturated heterocycles. The quantitative estimate of drug-likeness (QED) is 0.769. The van der Waals surface area contributed by atoms with Crippen LogP contribution in [0.2, 0.25) is 0 Å². The Morgan fingerprint density at radius 3 is 2.87 bits per heavy atom. The van der Waals surface area contributed by atoms with E-state index in [1.54, 1.807) is 22.7 Å². The van der Waals surface area contributed by atoms with Crippen LogP contribution in [0.3, 0.4) is 0 Å². The number of pyridine rings is 1. The lowest BCUT2D eigenvalue weighted by molar-refractivity contribution is 0.599. The molecule has 0 aliphatic heterocycles. The molecule has 0 atom stereocenters. The third-order valence-electron chi connectivity index (χ3n) is 1.90. The summed E-state index contributed by atoms with van der Waals surface area (Å²) in [5.41, 5.74) is 6.68. The van der Waals surface area contributed by atoms with Gasteiger partial charge in [0, 0.05) is 24.2 Å². The summed E-state index contributed by atoms with van der Waals surface area (Å²) in [7, 11) is -3.10. The van der Waals surface area contributed by atoms with Gasteiger partial charge in [0.1, 0.15) is 5.75 Å². The van der Waals surface area contributed by atoms with E-state index in [-0.39, 0.29) is 5.75 Å². The average molecular weight is 226 g/mol. The lowest BCUT2D eigenvalue weighted by atomic mass is 10.4. The van der Waals surface area contributed by atoms with Gasteiger partial charge in [-0.2, -0.15) is 0 Å². The summed E-state index contributed by atoms with van der Waals surface area (Å²) in [6.07, 6.45) is 2.82. The molecule has 7 heteroatoms. The first-order valence-electron chi connectivity index (χ1n) is 4.22. The average Bonchev–Trinajstić information content (AvgIpc) is 2.45. The van der Waals surface area contributed by atoms with E-state index in [0.29, 0.717) is 17.2 Å². The Morgan fingerprint density at radius 1 is 1.47 bits per heavy atom. The maximum atomic E-state index is 11.1. The Balaban J connectivity index is 2.55. The lowest BCUT2D eigenvalue weighted by Gasteiger charge is -1.98. The van der Waals surface area contributed by atoms with Crippen molar-refractivity contribution in [2.24, 2.45) is 0 Å². The maximum absolute atomic E-state index is 11.1. The van der Waals surface area contributed by atoms with E-state index in [0.717, 1.165) is 6.26 Å². The molecule has 2 rings (SSSR count). The van der Waals surface area contributed by atoms with Gasteiger partial charge < -0.3 is 5.73 Å². The second-order valence-corrected chi connectivity index (χ2v) is 5.51. The summed E-state index contributed by atoms with van der Waals surface area (Å²) in [5.74, 6) is 0.269. The molecule has 0 aromatic carbocycles. The number of aromatic nitrogens is 3. The van der Waals surface area contributed by atoms with E-state index >= 15 is 0 Å². The Bertz CT molecular complexity index is 602. The van der Waals surface area contributed by atoms with Gasteiger partial charge in [0.25, 0.3) is 0 Å². The number of hydrogen-bond donors (Lipinski definition) is 1. The molecule has 0 radical (unpaired) electrons. The van der Waals surface area contributed by atoms with Crippen LogP contribution >= 0.6 is 0 Å². The Labute approximate surface area is 86.7 Å². The number of hydrogen-bond acceptors (Lipinski definition) is 5. The fraction of sp³-hybridized carbons (Fsp3) is 0.250. The van der Waals surface area contributed by atoms with Gasteiger partial charge in [-0.15, -0.1) is 10.2 Å². The highest BCUT2D eigenvalue weighted by molar-refractivity contribution is 7.89. The molecule has 0 fully saturated rings. The number of nitrogens with zero attached hydrogens (tertiary/aromatic N) is 3. The van der Waals surface area contributed by atoms with Crippen molar-refractivity contribution in [2.45, 2.75) is 5.75 Å². The molecule has 2 heterocycles. The van der Waals surface area contributed by atoms with Crippen LogP contribution in [-0.4, -0.2) is 29.3 Å². The van der Waals surface area contributed by atoms with Crippen molar-refractivity contribution in [3.63, 3.8) is 0 Å². The minimum Gasteiger partial charge on any atom is -0.399 e. The zero-order valence-electron chi connectivity index (χ0n) is 8.08. The molecule has 2 aromatic heterocycles. The number of anilines is 1. The van der Waals surface area contributed by atoms with Gasteiger partial charge in [-0.3, -0.25) is 4.40 Å². The minimum absolute atomic E-state index is 0.127. The van der Waals surface area contributed by atoms with Gasteiger partial charge in [0.05, 0.1) is 0 Å². The first kappa shape index (κ1) is 9.91. The van der Waals surface area contributed by atoms with Crippen LogP contribution in [0.5, 0.6) is 0 Å². The molecule has 15 heavy (non-hydrogen) atoms. The monoisotopic (exact) mass is 226 g/mol. The molecule has 0 aliphatic carbocycles. The van der Waals surface area contributed by atoms with Crippen LogP contribution in [0.4, 0.5) is 5.69 Å². The predicted octanol–water partition coefficient (Wildman–Crippen LogP) is -0.144. The van der Waals surface area contributed by atoms with Crippen molar-refractivity contribution < 1.29 is 8.42 Å². The zero-order chi connectivity index (χ0) is 11.1. The van der Waals surface area contributed by atoms with Gasteiger partial charge in [-0.05, 0) is 6.07 Å². The Kier molecular flexibility index (Phi) is 2.11. The van der Waals surface area contributed by atoms with Crippen molar-refractivity contribution in [1.82, 2.24) is 14.6 Å². The number of rotatable bonds is 2. The van der Waals surface area contributed by atoms with Gasteiger partial charge in [-0.25, -0.2) is 8.42 Å². The van der Waals surface area contributed by atoms with Gasteiger partial charge in [0.15, 0.2) is 21.3 Å². The van der Waals surface area contributed by atoms with E-state index in [2.05, 4.69) is 10.2 Å². The van der Waals surface area contributed by atoms with E-state index in [4.69, 9.17) is 5.73 Å². The lowest BCUT2D eigenvalue weighted by Crippen LogP contribution is -2.05. The number of nitrogens with two attached hydrogens (primary N) is 1. The van der Waals surface area contributed by atoms with E-state index in [9.17, 15) is 8.42 Å². The largest absolute Gasteiger partial charge is 0.399 e. The molecule has 6 nitrogen and oxygen atoms in total. The smallest absolute Gasteiger partial charge is 0.162 e. The zero-order valence-corrected chi connectivity index (χ0v) is 8.90. The minimum atomic E-state index is -3.10. The molecule has 2 aromatic rings. The Hall–Kier alpha value is -1.63. The van der Waals surface area contributed by atoms with Crippen LogP contribution in [0, 0.1) is 0 Å². The van der Waals surface area contributed by atoms with Gasteiger partial charge in [-0.1, -0.05) is 0 Å². The van der Waals surface area contributed by atoms with Crippen LogP contribution < -0.4 is 5.73 Å². The summed E-state index contributed by atoms with van der Waals surface area (Å²) in [6, 6.07) is 3.31. The Morgan fingerprint density at radius 2 is 2.20 bits per heavy atom. The number of nitrogen functional groups attached to an aromatic ring is 1. The maximum Gasteiger partial charge on any atom is 0.162 e. The normalized spacial score (nSPS) is 12.1. The van der Waals surface area contributed by atoms with Gasteiger partial charge >= 0.3 is 0 Å². The molecule has 2 N–H and O–H groups in total. The number of sulfone groups is 1. The van der Waals surface area contributed by atoms with Crippen molar-refractivity contribution in [2.75, 3.05) is 12.0 Å². The van der Waals surface area contributed by atoms with Gasteiger partial charge in [0.2, 0.25) is 0 Å². The SMILES string of the molecule is CS(=O)(=O)Cc1nnc2cc(N)ccn12. The van der Waals surface area contributed by atoms with Crippen LogP contribution in [0.25, 0.3) is 5.65 Å². The molecule has 0 aliphatic rings. The molecular weight excluding hydrogens is 216 g/mol. The highest BCUT2D eigenvalue weighted by Crippen LogP contribution is 2.10. The second kappa shape index (κ2) is 3.20. The number of fused-ring (bicyclic) bond motifs is 1. The standard InChI is InChI=1S/C8H10N4O2S/c1-15(13,14)5-8-11-10-7-4-6(9)2-3-12(7)8/h2-4H,5,9H2,1H3. The molecular formula is C8H10N4O2S. The highest BCUT2D eigenvalue weighted by atomic mass is 32.2. The van der Waals surface area contributed by atoms with Crippen molar-refractivity contribution in [1.29, 1.82) is 0 Å². The van der Waals surface area contributed by atoms with Crippen molar-refractivity contribution in [3.05, 3.63) is 24.2 Å². The second-order valence-electron chi connectivity index (χ2n) is 3.37. The van der Waals surface area contributed by atoms with E-state index in [1.165, 1.54) is 0 Å². The van der Waals surface area contributed by atoms with Crippen molar-refractivity contribution in [3.8, 4) is 0 Å². The fourth-order valence-electron chi connectivity index (χ4n) is 1.29. The summed E-state index contributed by atoms with van der Waals surface area (Å²) < 4.78 is 23.8. The molecule has 0 unspecified atom stereocenters. The summed E-state index contributed by atoms with van der Waals surface area (Å²) in [5, 5.41) is 7.63. The fourth-order valence-corrected chi connectivity index (χ4v) is 1.95. The van der Waals surface area contributed by atoms with Crippen LogP contribution in [-0.2, 0) is 15.6 Å². The summed E-state index contributed by atoms with van der Waals surface area (Å²) >= 11 is 0. The first-order chi connectivity index (χ1) is 6.96. The van der Waals surface area contributed by atoms with E-state index < -0.39 is 9.84 Å². The first-order valence-corrected chi connectivity index (χ1v) is 6.28. The third-order valence-corrected chi connectivity index (χ3v) is 2.68. The molecule has 0 bridgehead atoms. The van der Waals surface area contributed by atoms with E-state index in [1.807, 2.05) is 0 Å². The highest BCUT2D eigenvalue weighted by Gasteiger charge is 2.11.